The summed E-state index contributed by atoms with van der Waals surface area (Å²) >= 11 is 1.62. The van der Waals surface area contributed by atoms with Gasteiger partial charge in [0.05, 0.1) is 5.54 Å². The van der Waals surface area contributed by atoms with Crippen molar-refractivity contribution in [1.29, 1.82) is 0 Å². The number of nitrogens with one attached hydrogen (secondary N) is 1. The van der Waals surface area contributed by atoms with Gasteiger partial charge in [0.1, 0.15) is 16.3 Å². The molecule has 3 aromatic heterocycles. The van der Waals surface area contributed by atoms with Gasteiger partial charge in [0.25, 0.3) is 0 Å². The molecule has 96 valence electrons. The van der Waals surface area contributed by atoms with Crippen LogP contribution in [0.2, 0.25) is 0 Å². The van der Waals surface area contributed by atoms with Crippen molar-refractivity contribution in [1.82, 2.24) is 19.9 Å². The molecule has 0 aliphatic heterocycles. The molecular formula is C13H13N5S. The van der Waals surface area contributed by atoms with Crippen molar-refractivity contribution in [2.24, 2.45) is 0 Å². The summed E-state index contributed by atoms with van der Waals surface area (Å²) in [7, 11) is 0. The van der Waals surface area contributed by atoms with Gasteiger partial charge in [-0.15, -0.1) is 11.3 Å². The van der Waals surface area contributed by atoms with Crippen LogP contribution in [0.3, 0.4) is 0 Å². The summed E-state index contributed by atoms with van der Waals surface area (Å²) < 4.78 is 0. The maximum atomic E-state index is 4.46. The normalized spacial score (nSPS) is 11.7. The van der Waals surface area contributed by atoms with Crippen molar-refractivity contribution in [3.05, 3.63) is 41.1 Å². The molecule has 0 radical (unpaired) electrons. The van der Waals surface area contributed by atoms with E-state index < -0.39 is 0 Å². The van der Waals surface area contributed by atoms with Crippen LogP contribution in [0.4, 0.5) is 5.82 Å². The van der Waals surface area contributed by atoms with E-state index in [9.17, 15) is 0 Å². The molecule has 0 spiro atoms. The van der Waals surface area contributed by atoms with E-state index in [1.165, 1.54) is 0 Å². The fourth-order valence-corrected chi connectivity index (χ4v) is 2.55. The number of hydrogen-bond donors (Lipinski definition) is 1. The van der Waals surface area contributed by atoms with Crippen LogP contribution in [0.15, 0.2) is 36.1 Å². The summed E-state index contributed by atoms with van der Waals surface area (Å²) in [4.78, 5) is 17.2. The van der Waals surface area contributed by atoms with Crippen molar-refractivity contribution < 1.29 is 0 Å². The number of rotatable bonds is 3. The molecule has 3 aromatic rings. The fourth-order valence-electron chi connectivity index (χ4n) is 1.83. The highest BCUT2D eigenvalue weighted by atomic mass is 32.1. The van der Waals surface area contributed by atoms with E-state index in [0.717, 1.165) is 16.3 Å². The molecule has 0 fully saturated rings. The average Bonchev–Trinajstić information content (AvgIpc) is 2.93. The second-order valence-electron chi connectivity index (χ2n) is 4.68. The number of aromatic nitrogens is 4. The summed E-state index contributed by atoms with van der Waals surface area (Å²) in [5.74, 6) is 0.771. The fraction of sp³-hybridized carbons (Fsp3) is 0.231. The van der Waals surface area contributed by atoms with Crippen molar-refractivity contribution in [3.8, 4) is 0 Å². The number of anilines is 1. The van der Waals surface area contributed by atoms with Gasteiger partial charge >= 0.3 is 0 Å². The summed E-state index contributed by atoms with van der Waals surface area (Å²) in [6.07, 6.45) is 5.12. The minimum Gasteiger partial charge on any atom is -0.359 e. The summed E-state index contributed by atoms with van der Waals surface area (Å²) in [6.45, 7) is 4.16. The Morgan fingerprint density at radius 1 is 1.05 bits per heavy atom. The van der Waals surface area contributed by atoms with E-state index in [1.807, 2.05) is 23.7 Å². The third kappa shape index (κ3) is 2.39. The highest BCUT2D eigenvalue weighted by Gasteiger charge is 2.23. The van der Waals surface area contributed by atoms with Crippen LogP contribution in [0.5, 0.6) is 0 Å². The predicted octanol–water partition coefficient (Wildman–Crippen LogP) is 2.83. The van der Waals surface area contributed by atoms with Gasteiger partial charge in [-0.2, -0.15) is 0 Å². The van der Waals surface area contributed by atoms with E-state index in [1.54, 1.807) is 23.7 Å². The maximum Gasteiger partial charge on any atom is 0.180 e. The molecule has 0 unspecified atom stereocenters. The smallest absolute Gasteiger partial charge is 0.180 e. The van der Waals surface area contributed by atoms with Crippen LogP contribution in [0.1, 0.15) is 18.9 Å². The number of hydrogen-bond acceptors (Lipinski definition) is 6. The Balaban J connectivity index is 1.93. The number of pyridine rings is 1. The molecule has 5 nitrogen and oxygen atoms in total. The Morgan fingerprint density at radius 2 is 1.89 bits per heavy atom. The summed E-state index contributed by atoms with van der Waals surface area (Å²) in [6, 6.07) is 3.82. The van der Waals surface area contributed by atoms with Gasteiger partial charge in [-0.1, -0.05) is 0 Å². The molecule has 0 aliphatic rings. The molecule has 19 heavy (non-hydrogen) atoms. The first-order valence-electron chi connectivity index (χ1n) is 5.91. The predicted molar refractivity (Wildman–Crippen MR) is 76.1 cm³/mol. The molecule has 0 saturated carbocycles. The van der Waals surface area contributed by atoms with Crippen LogP contribution in [-0.2, 0) is 5.54 Å². The van der Waals surface area contributed by atoms with Crippen LogP contribution in [0.25, 0.3) is 11.2 Å². The first kappa shape index (κ1) is 12.0. The Kier molecular flexibility index (Phi) is 2.87. The Labute approximate surface area is 114 Å². The topological polar surface area (TPSA) is 63.6 Å². The van der Waals surface area contributed by atoms with E-state index in [2.05, 4.69) is 39.1 Å². The largest absolute Gasteiger partial charge is 0.359 e. The zero-order chi connectivity index (χ0) is 13.3. The van der Waals surface area contributed by atoms with Crippen molar-refractivity contribution in [3.63, 3.8) is 0 Å². The van der Waals surface area contributed by atoms with Crippen LogP contribution in [0, 0.1) is 0 Å². The summed E-state index contributed by atoms with van der Waals surface area (Å²) in [5, 5.41) is 6.37. The first-order chi connectivity index (χ1) is 9.15. The first-order valence-corrected chi connectivity index (χ1v) is 6.79. The van der Waals surface area contributed by atoms with E-state index >= 15 is 0 Å². The lowest BCUT2D eigenvalue weighted by atomic mass is 10.1. The zero-order valence-electron chi connectivity index (χ0n) is 10.7. The average molecular weight is 271 g/mol. The second kappa shape index (κ2) is 4.55. The third-order valence-corrected chi connectivity index (χ3v) is 3.84. The Morgan fingerprint density at radius 3 is 2.68 bits per heavy atom. The molecule has 0 atom stereocenters. The molecule has 3 rings (SSSR count). The van der Waals surface area contributed by atoms with Crippen molar-refractivity contribution in [2.45, 2.75) is 19.4 Å². The standard InChI is InChI=1S/C13H13N5S/c1-13(2,12-16-7-8-19-12)18-10-4-3-9-11(17-10)15-6-5-14-9/h3-8H,1-2H3,(H,15,17,18). The van der Waals surface area contributed by atoms with Crippen molar-refractivity contribution >= 4 is 28.3 Å². The number of fused-ring (bicyclic) bond motifs is 1. The van der Waals surface area contributed by atoms with E-state index in [0.29, 0.717) is 5.65 Å². The molecule has 0 amide bonds. The second-order valence-corrected chi connectivity index (χ2v) is 5.58. The molecule has 1 N–H and O–H groups in total. The monoisotopic (exact) mass is 271 g/mol. The minimum absolute atomic E-state index is 0.267. The Hall–Kier alpha value is -2.08. The molecule has 6 heteroatoms. The lowest BCUT2D eigenvalue weighted by molar-refractivity contribution is 0.601. The summed E-state index contributed by atoms with van der Waals surface area (Å²) in [5.41, 5.74) is 1.17. The number of nitrogens with zero attached hydrogens (tertiary/aromatic N) is 4. The molecule has 3 heterocycles. The lowest BCUT2D eigenvalue weighted by Gasteiger charge is -2.24. The Bertz CT molecular complexity index is 693. The van der Waals surface area contributed by atoms with Gasteiger partial charge < -0.3 is 5.32 Å². The van der Waals surface area contributed by atoms with Crippen molar-refractivity contribution in [2.75, 3.05) is 5.32 Å². The maximum absolute atomic E-state index is 4.46. The SMILES string of the molecule is CC(C)(Nc1ccc2nccnc2n1)c1nccs1. The quantitative estimate of drug-likeness (QED) is 0.793. The van der Waals surface area contributed by atoms with E-state index in [-0.39, 0.29) is 5.54 Å². The molecular weight excluding hydrogens is 258 g/mol. The highest BCUT2D eigenvalue weighted by molar-refractivity contribution is 7.09. The van der Waals surface area contributed by atoms with Crippen LogP contribution < -0.4 is 5.32 Å². The van der Waals surface area contributed by atoms with Gasteiger partial charge in [-0.3, -0.25) is 4.98 Å². The van der Waals surface area contributed by atoms with Crippen LogP contribution in [-0.4, -0.2) is 19.9 Å². The number of thiazole rings is 1. The zero-order valence-corrected chi connectivity index (χ0v) is 11.5. The van der Waals surface area contributed by atoms with E-state index in [4.69, 9.17) is 0 Å². The minimum atomic E-state index is -0.267. The van der Waals surface area contributed by atoms with Gasteiger partial charge in [0.15, 0.2) is 5.65 Å². The molecule has 0 aliphatic carbocycles. The van der Waals surface area contributed by atoms with Gasteiger partial charge in [0.2, 0.25) is 0 Å². The molecule has 0 aromatic carbocycles. The third-order valence-electron chi connectivity index (χ3n) is 2.74. The lowest BCUT2D eigenvalue weighted by Crippen LogP contribution is -2.28. The molecule has 0 bridgehead atoms. The highest BCUT2D eigenvalue weighted by Crippen LogP contribution is 2.26. The van der Waals surface area contributed by atoms with Gasteiger partial charge in [-0.05, 0) is 26.0 Å². The van der Waals surface area contributed by atoms with Gasteiger partial charge in [0, 0.05) is 24.0 Å². The van der Waals surface area contributed by atoms with Crippen LogP contribution >= 0.6 is 11.3 Å². The van der Waals surface area contributed by atoms with Gasteiger partial charge in [-0.25, -0.2) is 15.0 Å². The molecule has 0 saturated heterocycles.